The number of rotatable bonds is 2. The van der Waals surface area contributed by atoms with Crippen LogP contribution in [0.2, 0.25) is 0 Å². The maximum absolute atomic E-state index is 11.2. The van der Waals surface area contributed by atoms with E-state index in [0.29, 0.717) is 0 Å². The van der Waals surface area contributed by atoms with E-state index in [0.717, 1.165) is 11.1 Å². The third-order valence-corrected chi connectivity index (χ3v) is 2.89. The zero-order valence-corrected chi connectivity index (χ0v) is 10.3. The molecule has 3 nitrogen and oxygen atoms in total. The molecule has 1 atom stereocenters. The largest absolute Gasteiger partial charge is 0.509 e. The van der Waals surface area contributed by atoms with Crippen molar-refractivity contribution in [3.63, 3.8) is 0 Å². The number of hydrogen-bond donors (Lipinski definition) is 0. The summed E-state index contributed by atoms with van der Waals surface area (Å²) in [6.07, 6.45) is 1.00. The van der Waals surface area contributed by atoms with Crippen LogP contribution in [-0.2, 0) is 9.47 Å². The first-order valence-electron chi connectivity index (χ1n) is 5.66. The van der Waals surface area contributed by atoms with Gasteiger partial charge >= 0.3 is 6.16 Å². The second kappa shape index (κ2) is 4.24. The molecule has 90 valence electrons. The first-order valence-corrected chi connectivity index (χ1v) is 5.66. The SMILES string of the molecule is CC=C(c1ccccc1)C1OC(=O)OC1(C)C. The van der Waals surface area contributed by atoms with Crippen LogP contribution in [-0.4, -0.2) is 17.9 Å². The summed E-state index contributed by atoms with van der Waals surface area (Å²) in [5.41, 5.74) is 1.39. The fraction of sp³-hybridized carbons (Fsp3) is 0.357. The van der Waals surface area contributed by atoms with Crippen molar-refractivity contribution in [1.82, 2.24) is 0 Å². The van der Waals surface area contributed by atoms with Gasteiger partial charge in [-0.25, -0.2) is 4.79 Å². The Morgan fingerprint density at radius 3 is 2.41 bits per heavy atom. The highest BCUT2D eigenvalue weighted by atomic mass is 16.8. The van der Waals surface area contributed by atoms with E-state index >= 15 is 0 Å². The van der Waals surface area contributed by atoms with Gasteiger partial charge < -0.3 is 9.47 Å². The smallest absolute Gasteiger partial charge is 0.424 e. The minimum atomic E-state index is -0.630. The molecule has 0 saturated carbocycles. The van der Waals surface area contributed by atoms with Gasteiger partial charge in [-0.2, -0.15) is 0 Å². The Labute approximate surface area is 101 Å². The van der Waals surface area contributed by atoms with Crippen LogP contribution < -0.4 is 0 Å². The summed E-state index contributed by atoms with van der Waals surface area (Å²) >= 11 is 0. The van der Waals surface area contributed by atoms with E-state index in [2.05, 4.69) is 0 Å². The third kappa shape index (κ3) is 2.18. The number of benzene rings is 1. The van der Waals surface area contributed by atoms with Crippen molar-refractivity contribution in [2.45, 2.75) is 32.5 Å². The molecule has 1 fully saturated rings. The van der Waals surface area contributed by atoms with Gasteiger partial charge in [0.1, 0.15) is 0 Å². The predicted octanol–water partition coefficient (Wildman–Crippen LogP) is 3.40. The molecule has 1 saturated heterocycles. The Hall–Kier alpha value is -1.77. The van der Waals surface area contributed by atoms with E-state index in [1.807, 2.05) is 57.2 Å². The van der Waals surface area contributed by atoms with Gasteiger partial charge in [0.15, 0.2) is 11.7 Å². The van der Waals surface area contributed by atoms with Crippen LogP contribution in [0.4, 0.5) is 4.79 Å². The van der Waals surface area contributed by atoms with Gasteiger partial charge in [-0.3, -0.25) is 0 Å². The maximum atomic E-state index is 11.2. The fourth-order valence-electron chi connectivity index (χ4n) is 2.07. The minimum Gasteiger partial charge on any atom is -0.424 e. The number of carbonyl (C=O) groups is 1. The topological polar surface area (TPSA) is 35.5 Å². The van der Waals surface area contributed by atoms with E-state index in [4.69, 9.17) is 9.47 Å². The molecule has 3 heteroatoms. The van der Waals surface area contributed by atoms with Crippen molar-refractivity contribution in [3.8, 4) is 0 Å². The van der Waals surface area contributed by atoms with Gasteiger partial charge in [-0.05, 0) is 31.9 Å². The van der Waals surface area contributed by atoms with Crippen molar-refractivity contribution >= 4 is 11.7 Å². The molecule has 1 aromatic rings. The number of hydrogen-bond acceptors (Lipinski definition) is 3. The second-order valence-electron chi connectivity index (χ2n) is 4.56. The number of carbonyl (C=O) groups excluding carboxylic acids is 1. The lowest BCUT2D eigenvalue weighted by Crippen LogP contribution is -2.33. The zero-order chi connectivity index (χ0) is 12.5. The van der Waals surface area contributed by atoms with E-state index in [1.54, 1.807) is 0 Å². The van der Waals surface area contributed by atoms with E-state index in [1.165, 1.54) is 0 Å². The number of ether oxygens (including phenoxy) is 2. The van der Waals surface area contributed by atoms with Crippen molar-refractivity contribution < 1.29 is 14.3 Å². The monoisotopic (exact) mass is 232 g/mol. The molecule has 0 radical (unpaired) electrons. The van der Waals surface area contributed by atoms with Gasteiger partial charge in [0.2, 0.25) is 0 Å². The molecule has 0 amide bonds. The highest BCUT2D eigenvalue weighted by Gasteiger charge is 2.45. The lowest BCUT2D eigenvalue weighted by Gasteiger charge is -2.24. The van der Waals surface area contributed by atoms with Gasteiger partial charge in [0.25, 0.3) is 0 Å². The quantitative estimate of drug-likeness (QED) is 0.733. The Morgan fingerprint density at radius 1 is 1.29 bits per heavy atom. The molecule has 0 aliphatic carbocycles. The van der Waals surface area contributed by atoms with Crippen LogP contribution in [0.15, 0.2) is 36.4 Å². The van der Waals surface area contributed by atoms with Crippen LogP contribution in [0.5, 0.6) is 0 Å². The van der Waals surface area contributed by atoms with Gasteiger partial charge in [0, 0.05) is 0 Å². The Morgan fingerprint density at radius 2 is 1.94 bits per heavy atom. The van der Waals surface area contributed by atoms with Gasteiger partial charge in [0.05, 0.1) is 0 Å². The van der Waals surface area contributed by atoms with Crippen molar-refractivity contribution in [2.24, 2.45) is 0 Å². The summed E-state index contributed by atoms with van der Waals surface area (Å²) in [5, 5.41) is 0. The van der Waals surface area contributed by atoms with Crippen LogP contribution in [0, 0.1) is 0 Å². The third-order valence-electron chi connectivity index (χ3n) is 2.89. The van der Waals surface area contributed by atoms with Crippen LogP contribution in [0.1, 0.15) is 26.3 Å². The molecular formula is C14H16O3. The molecular weight excluding hydrogens is 216 g/mol. The highest BCUT2D eigenvalue weighted by molar-refractivity contribution is 5.75. The van der Waals surface area contributed by atoms with E-state index in [-0.39, 0.29) is 6.10 Å². The van der Waals surface area contributed by atoms with Crippen molar-refractivity contribution in [1.29, 1.82) is 0 Å². The predicted molar refractivity (Wildman–Crippen MR) is 65.5 cm³/mol. The minimum absolute atomic E-state index is 0.359. The molecule has 17 heavy (non-hydrogen) atoms. The summed E-state index contributed by atoms with van der Waals surface area (Å²) in [5.74, 6) is 0. The highest BCUT2D eigenvalue weighted by Crippen LogP contribution is 2.35. The summed E-state index contributed by atoms with van der Waals surface area (Å²) < 4.78 is 10.4. The molecule has 0 bridgehead atoms. The molecule has 0 spiro atoms. The summed E-state index contributed by atoms with van der Waals surface area (Å²) in [4.78, 5) is 11.2. The molecule has 1 aliphatic rings. The molecule has 1 aromatic carbocycles. The molecule has 1 unspecified atom stereocenters. The Balaban J connectivity index is 2.36. The first-order chi connectivity index (χ1) is 8.04. The first kappa shape index (κ1) is 11.7. The van der Waals surface area contributed by atoms with E-state index < -0.39 is 11.8 Å². The lowest BCUT2D eigenvalue weighted by molar-refractivity contribution is 0.0779. The summed E-state index contributed by atoms with van der Waals surface area (Å²) in [7, 11) is 0. The van der Waals surface area contributed by atoms with Crippen LogP contribution >= 0.6 is 0 Å². The molecule has 2 rings (SSSR count). The van der Waals surface area contributed by atoms with E-state index in [9.17, 15) is 4.79 Å². The van der Waals surface area contributed by atoms with Crippen molar-refractivity contribution in [3.05, 3.63) is 42.0 Å². The van der Waals surface area contributed by atoms with Crippen LogP contribution in [0.3, 0.4) is 0 Å². The van der Waals surface area contributed by atoms with Gasteiger partial charge in [-0.1, -0.05) is 36.4 Å². The molecule has 1 aliphatic heterocycles. The van der Waals surface area contributed by atoms with Crippen molar-refractivity contribution in [2.75, 3.05) is 0 Å². The number of allylic oxidation sites excluding steroid dienone is 1. The molecule has 0 aromatic heterocycles. The lowest BCUT2D eigenvalue weighted by atomic mass is 9.90. The second-order valence-corrected chi connectivity index (χ2v) is 4.56. The normalized spacial score (nSPS) is 23.1. The maximum Gasteiger partial charge on any atom is 0.509 e. The standard InChI is InChI=1S/C14H16O3/c1-4-11(10-8-6-5-7-9-10)12-14(2,3)17-13(15)16-12/h4-9,12H,1-3H3. The summed E-state index contributed by atoms with van der Waals surface area (Å²) in [6.45, 7) is 5.65. The fourth-order valence-corrected chi connectivity index (χ4v) is 2.07. The number of cyclic esters (lactones) is 2. The summed E-state index contributed by atoms with van der Waals surface area (Å²) in [6, 6.07) is 9.88. The Bertz CT molecular complexity index is 446. The molecule has 0 N–H and O–H groups in total. The molecule has 1 heterocycles. The van der Waals surface area contributed by atoms with Gasteiger partial charge in [-0.15, -0.1) is 0 Å². The average Bonchev–Trinajstić information content (AvgIpc) is 2.55. The average molecular weight is 232 g/mol. The Kier molecular flexibility index (Phi) is 2.92. The van der Waals surface area contributed by atoms with Crippen LogP contribution in [0.25, 0.3) is 5.57 Å². The zero-order valence-electron chi connectivity index (χ0n) is 10.3.